The van der Waals surface area contributed by atoms with Crippen LogP contribution < -0.4 is 5.32 Å². The van der Waals surface area contributed by atoms with Crippen molar-refractivity contribution in [2.75, 3.05) is 5.32 Å². The maximum Gasteiger partial charge on any atom is 0.417 e. The Bertz CT molecular complexity index is 391. The third kappa shape index (κ3) is 2.79. The Morgan fingerprint density at radius 3 is 2.47 bits per heavy atom. The normalized spacial score (nSPS) is 11.2. The third-order valence-electron chi connectivity index (χ3n) is 1.39. The van der Waals surface area contributed by atoms with E-state index in [9.17, 15) is 22.4 Å². The highest BCUT2D eigenvalue weighted by Crippen LogP contribution is 2.29. The van der Waals surface area contributed by atoms with Crippen molar-refractivity contribution in [1.29, 1.82) is 0 Å². The number of carboxylic acid groups (broad SMARTS) is 1. The Kier molecular flexibility index (Phi) is 2.78. The van der Waals surface area contributed by atoms with E-state index in [-0.39, 0.29) is 6.07 Å². The third-order valence-corrected chi connectivity index (χ3v) is 1.39. The van der Waals surface area contributed by atoms with Gasteiger partial charge in [0.05, 0.1) is 5.56 Å². The molecule has 1 rings (SSSR count). The Morgan fingerprint density at radius 2 is 2.07 bits per heavy atom. The standard InChI is InChI=1S/C7H4F4N2O2/c8-4-1-3(7(9,10)11)2-12-5(4)13-6(14)15/h1-2H,(H,12,13)(H,14,15). The van der Waals surface area contributed by atoms with E-state index in [2.05, 4.69) is 4.98 Å². The summed E-state index contributed by atoms with van der Waals surface area (Å²) in [6, 6.07) is 0.165. The second-order valence-electron chi connectivity index (χ2n) is 2.48. The van der Waals surface area contributed by atoms with Crippen molar-refractivity contribution >= 4 is 11.9 Å². The first kappa shape index (κ1) is 11.2. The molecule has 0 aliphatic rings. The lowest BCUT2D eigenvalue weighted by atomic mass is 10.2. The minimum absolute atomic E-state index is 0.165. The van der Waals surface area contributed by atoms with Crippen LogP contribution in [0, 0.1) is 5.82 Å². The number of aromatic nitrogens is 1. The molecule has 0 aliphatic carbocycles. The molecule has 0 saturated carbocycles. The summed E-state index contributed by atoms with van der Waals surface area (Å²) in [5.41, 5.74) is -1.28. The second-order valence-corrected chi connectivity index (χ2v) is 2.48. The van der Waals surface area contributed by atoms with E-state index in [0.29, 0.717) is 6.20 Å². The minimum Gasteiger partial charge on any atom is -0.465 e. The molecular weight excluding hydrogens is 220 g/mol. The second kappa shape index (κ2) is 3.71. The van der Waals surface area contributed by atoms with Crippen LogP contribution in [0.1, 0.15) is 5.56 Å². The molecule has 1 heterocycles. The van der Waals surface area contributed by atoms with Crippen LogP contribution in [0.15, 0.2) is 12.3 Å². The molecular formula is C7H4F4N2O2. The number of rotatable bonds is 1. The molecule has 1 aromatic rings. The average molecular weight is 224 g/mol. The number of amides is 1. The smallest absolute Gasteiger partial charge is 0.417 e. The van der Waals surface area contributed by atoms with Gasteiger partial charge in [0.2, 0.25) is 0 Å². The summed E-state index contributed by atoms with van der Waals surface area (Å²) < 4.78 is 48.9. The van der Waals surface area contributed by atoms with E-state index in [4.69, 9.17) is 5.11 Å². The SMILES string of the molecule is O=C(O)Nc1ncc(C(F)(F)F)cc1F. The van der Waals surface area contributed by atoms with Gasteiger partial charge in [-0.05, 0) is 6.07 Å². The van der Waals surface area contributed by atoms with E-state index in [0.717, 1.165) is 0 Å². The van der Waals surface area contributed by atoms with Crippen LogP contribution in [0.25, 0.3) is 0 Å². The zero-order chi connectivity index (χ0) is 11.6. The highest BCUT2D eigenvalue weighted by molar-refractivity contribution is 5.81. The predicted molar refractivity (Wildman–Crippen MR) is 40.8 cm³/mol. The minimum atomic E-state index is -4.71. The van der Waals surface area contributed by atoms with Crippen molar-refractivity contribution < 1.29 is 27.5 Å². The first-order chi connectivity index (χ1) is 6.80. The molecule has 0 atom stereocenters. The Labute approximate surface area is 80.5 Å². The Hall–Kier alpha value is -1.86. The molecule has 0 aromatic carbocycles. The van der Waals surface area contributed by atoms with Gasteiger partial charge < -0.3 is 5.11 Å². The van der Waals surface area contributed by atoms with Crippen LogP contribution in [-0.4, -0.2) is 16.2 Å². The van der Waals surface area contributed by atoms with E-state index < -0.39 is 29.5 Å². The summed E-state index contributed by atoms with van der Waals surface area (Å²) in [5, 5.41) is 9.70. The topological polar surface area (TPSA) is 62.2 Å². The van der Waals surface area contributed by atoms with Crippen molar-refractivity contribution in [3.05, 3.63) is 23.6 Å². The fourth-order valence-electron chi connectivity index (χ4n) is 0.786. The summed E-state index contributed by atoms with van der Waals surface area (Å²) >= 11 is 0. The molecule has 0 radical (unpaired) electrons. The highest BCUT2D eigenvalue weighted by Gasteiger charge is 2.32. The molecule has 1 amide bonds. The van der Waals surface area contributed by atoms with Crippen molar-refractivity contribution in [2.45, 2.75) is 6.18 Å². The first-order valence-corrected chi connectivity index (χ1v) is 3.53. The number of hydrogen-bond acceptors (Lipinski definition) is 2. The lowest BCUT2D eigenvalue weighted by Crippen LogP contribution is -2.12. The molecule has 0 saturated heterocycles. The van der Waals surface area contributed by atoms with E-state index >= 15 is 0 Å². The van der Waals surface area contributed by atoms with Crippen molar-refractivity contribution in [3.63, 3.8) is 0 Å². The number of carbonyl (C=O) groups is 1. The molecule has 4 nitrogen and oxygen atoms in total. The Morgan fingerprint density at radius 1 is 1.47 bits per heavy atom. The fraction of sp³-hybridized carbons (Fsp3) is 0.143. The van der Waals surface area contributed by atoms with E-state index in [1.54, 1.807) is 0 Å². The number of alkyl halides is 3. The molecule has 15 heavy (non-hydrogen) atoms. The number of hydrogen-bond donors (Lipinski definition) is 2. The summed E-state index contributed by atoms with van der Waals surface area (Å²) in [6.07, 6.45) is -5.98. The highest BCUT2D eigenvalue weighted by atomic mass is 19.4. The molecule has 0 spiro atoms. The number of nitrogens with one attached hydrogen (secondary N) is 1. The van der Waals surface area contributed by atoms with Gasteiger partial charge in [0.1, 0.15) is 0 Å². The molecule has 2 N–H and O–H groups in total. The van der Waals surface area contributed by atoms with Gasteiger partial charge in [-0.25, -0.2) is 14.2 Å². The quantitative estimate of drug-likeness (QED) is 0.719. The monoisotopic (exact) mass is 224 g/mol. The fourth-order valence-corrected chi connectivity index (χ4v) is 0.786. The molecule has 0 aliphatic heterocycles. The molecule has 0 fully saturated rings. The van der Waals surface area contributed by atoms with Gasteiger partial charge in [-0.3, -0.25) is 5.32 Å². The van der Waals surface area contributed by atoms with Gasteiger partial charge in [-0.1, -0.05) is 0 Å². The first-order valence-electron chi connectivity index (χ1n) is 3.53. The van der Waals surface area contributed by atoms with E-state index in [1.165, 1.54) is 5.32 Å². The molecule has 82 valence electrons. The van der Waals surface area contributed by atoms with Gasteiger partial charge >= 0.3 is 12.3 Å². The number of anilines is 1. The van der Waals surface area contributed by atoms with Crippen LogP contribution >= 0.6 is 0 Å². The van der Waals surface area contributed by atoms with Crippen LogP contribution in [0.2, 0.25) is 0 Å². The zero-order valence-corrected chi connectivity index (χ0v) is 6.97. The van der Waals surface area contributed by atoms with Gasteiger partial charge in [0, 0.05) is 6.20 Å². The number of halogens is 4. The van der Waals surface area contributed by atoms with Crippen LogP contribution in [-0.2, 0) is 6.18 Å². The predicted octanol–water partition coefficient (Wildman–Crippen LogP) is 2.33. The molecule has 0 bridgehead atoms. The summed E-state index contributed by atoms with van der Waals surface area (Å²) in [4.78, 5) is 13.1. The summed E-state index contributed by atoms with van der Waals surface area (Å²) in [7, 11) is 0. The van der Waals surface area contributed by atoms with Crippen molar-refractivity contribution in [3.8, 4) is 0 Å². The lowest BCUT2D eigenvalue weighted by molar-refractivity contribution is -0.138. The maximum absolute atomic E-state index is 12.9. The molecule has 1 aromatic heterocycles. The summed E-state index contributed by atoms with van der Waals surface area (Å²) in [6.45, 7) is 0. The average Bonchev–Trinajstić information content (AvgIpc) is 2.05. The Balaban J connectivity index is 3.03. The van der Waals surface area contributed by atoms with Crippen molar-refractivity contribution in [1.82, 2.24) is 4.98 Å². The summed E-state index contributed by atoms with van der Waals surface area (Å²) in [5.74, 6) is -2.15. The molecule has 8 heteroatoms. The van der Waals surface area contributed by atoms with E-state index in [1.807, 2.05) is 0 Å². The lowest BCUT2D eigenvalue weighted by Gasteiger charge is -2.07. The van der Waals surface area contributed by atoms with Gasteiger partial charge in [0.15, 0.2) is 11.6 Å². The van der Waals surface area contributed by atoms with Gasteiger partial charge in [-0.2, -0.15) is 13.2 Å². The van der Waals surface area contributed by atoms with Crippen LogP contribution in [0.3, 0.4) is 0 Å². The maximum atomic E-state index is 12.9. The molecule has 0 unspecified atom stereocenters. The zero-order valence-electron chi connectivity index (χ0n) is 6.97. The number of nitrogens with zero attached hydrogens (tertiary/aromatic N) is 1. The largest absolute Gasteiger partial charge is 0.465 e. The van der Waals surface area contributed by atoms with Crippen LogP contribution in [0.5, 0.6) is 0 Å². The van der Waals surface area contributed by atoms with Gasteiger partial charge in [0.25, 0.3) is 0 Å². The number of pyridine rings is 1. The van der Waals surface area contributed by atoms with Gasteiger partial charge in [-0.15, -0.1) is 0 Å². The van der Waals surface area contributed by atoms with Crippen LogP contribution in [0.4, 0.5) is 28.2 Å². The van der Waals surface area contributed by atoms with Crippen molar-refractivity contribution in [2.24, 2.45) is 0 Å².